The summed E-state index contributed by atoms with van der Waals surface area (Å²) < 4.78 is 10.7. The molecule has 138 valence electrons. The highest BCUT2D eigenvalue weighted by Gasteiger charge is 2.51. The van der Waals surface area contributed by atoms with E-state index in [4.69, 9.17) is 9.47 Å². The molecule has 1 aromatic rings. The van der Waals surface area contributed by atoms with E-state index in [0.717, 1.165) is 24.1 Å². The summed E-state index contributed by atoms with van der Waals surface area (Å²) in [5.74, 6) is 0.541. The van der Waals surface area contributed by atoms with E-state index in [1.54, 1.807) is 13.2 Å². The molecule has 0 saturated carbocycles. The van der Waals surface area contributed by atoms with Gasteiger partial charge in [0.1, 0.15) is 5.60 Å². The van der Waals surface area contributed by atoms with Crippen molar-refractivity contribution in [3.63, 3.8) is 0 Å². The Labute approximate surface area is 149 Å². The van der Waals surface area contributed by atoms with E-state index in [1.807, 2.05) is 38.7 Å². The van der Waals surface area contributed by atoms with Crippen molar-refractivity contribution in [2.75, 3.05) is 7.11 Å². The van der Waals surface area contributed by atoms with Crippen LogP contribution in [0.25, 0.3) is 0 Å². The topological polar surface area (TPSA) is 71.9 Å². The number of methoxy groups -OCH3 is 1. The van der Waals surface area contributed by atoms with Crippen LogP contribution < -0.4 is 4.74 Å². The summed E-state index contributed by atoms with van der Waals surface area (Å²) in [6, 6.07) is 3.67. The number of piperidine rings is 1. The lowest BCUT2D eigenvalue weighted by molar-refractivity contribution is -0.0629. The van der Waals surface area contributed by atoms with Gasteiger partial charge >= 0.3 is 6.09 Å². The maximum atomic E-state index is 12.6. The highest BCUT2D eigenvalue weighted by Crippen LogP contribution is 2.46. The number of hydrogen-bond donors (Lipinski definition) is 1. The molecule has 2 bridgehead atoms. The molecule has 6 heteroatoms. The summed E-state index contributed by atoms with van der Waals surface area (Å²) in [6.07, 6.45) is 2.55. The Balaban J connectivity index is 1.82. The smallest absolute Gasteiger partial charge is 0.410 e. The summed E-state index contributed by atoms with van der Waals surface area (Å²) in [5.41, 5.74) is 0.120. The van der Waals surface area contributed by atoms with Crippen molar-refractivity contribution in [3.05, 3.63) is 23.4 Å². The summed E-state index contributed by atoms with van der Waals surface area (Å²) in [6.45, 7) is 7.51. The van der Waals surface area contributed by atoms with Crippen molar-refractivity contribution in [2.45, 2.75) is 76.7 Å². The van der Waals surface area contributed by atoms with Gasteiger partial charge in [-0.2, -0.15) is 0 Å². The number of nitrogens with zero attached hydrogens (tertiary/aromatic N) is 2. The number of pyridine rings is 1. The van der Waals surface area contributed by atoms with Gasteiger partial charge in [-0.3, -0.25) is 0 Å². The van der Waals surface area contributed by atoms with Crippen LogP contribution in [-0.4, -0.2) is 45.9 Å². The minimum atomic E-state index is -0.965. The maximum absolute atomic E-state index is 12.6. The first kappa shape index (κ1) is 18.0. The molecule has 2 unspecified atom stereocenters. The number of amides is 1. The highest BCUT2D eigenvalue weighted by molar-refractivity contribution is 5.70. The Morgan fingerprint density at radius 1 is 1.28 bits per heavy atom. The van der Waals surface area contributed by atoms with Crippen LogP contribution in [0, 0.1) is 6.92 Å². The Morgan fingerprint density at radius 3 is 2.36 bits per heavy atom. The molecule has 0 aliphatic carbocycles. The third-order valence-corrected chi connectivity index (χ3v) is 5.14. The lowest BCUT2D eigenvalue weighted by Gasteiger charge is -2.44. The van der Waals surface area contributed by atoms with Gasteiger partial charge in [-0.25, -0.2) is 9.78 Å². The summed E-state index contributed by atoms with van der Waals surface area (Å²) in [7, 11) is 1.58. The Kier molecular flexibility index (Phi) is 4.43. The van der Waals surface area contributed by atoms with E-state index in [0.29, 0.717) is 18.7 Å². The fourth-order valence-corrected chi connectivity index (χ4v) is 4.20. The fraction of sp³-hybridized carbons (Fsp3) is 0.684. The van der Waals surface area contributed by atoms with Gasteiger partial charge in [-0.1, -0.05) is 0 Å². The normalized spacial score (nSPS) is 28.8. The quantitative estimate of drug-likeness (QED) is 0.889. The minimum absolute atomic E-state index is 0.0000941. The van der Waals surface area contributed by atoms with Crippen LogP contribution in [0.15, 0.2) is 12.1 Å². The third kappa shape index (κ3) is 3.45. The zero-order valence-corrected chi connectivity index (χ0v) is 15.7. The van der Waals surface area contributed by atoms with Crippen molar-refractivity contribution in [1.29, 1.82) is 0 Å². The second-order valence-corrected chi connectivity index (χ2v) is 8.20. The first-order valence-corrected chi connectivity index (χ1v) is 8.89. The first-order chi connectivity index (χ1) is 11.6. The van der Waals surface area contributed by atoms with Gasteiger partial charge in [0.2, 0.25) is 5.88 Å². The van der Waals surface area contributed by atoms with E-state index in [2.05, 4.69) is 4.98 Å². The molecular weight excluding hydrogens is 320 g/mol. The summed E-state index contributed by atoms with van der Waals surface area (Å²) in [4.78, 5) is 18.8. The molecule has 1 amide bonds. The van der Waals surface area contributed by atoms with Crippen LogP contribution in [0.5, 0.6) is 5.88 Å². The molecule has 6 nitrogen and oxygen atoms in total. The minimum Gasteiger partial charge on any atom is -0.481 e. The van der Waals surface area contributed by atoms with E-state index in [-0.39, 0.29) is 18.2 Å². The van der Waals surface area contributed by atoms with Gasteiger partial charge in [0.25, 0.3) is 0 Å². The van der Waals surface area contributed by atoms with Crippen molar-refractivity contribution in [2.24, 2.45) is 0 Å². The molecule has 0 spiro atoms. The van der Waals surface area contributed by atoms with Crippen molar-refractivity contribution < 1.29 is 19.4 Å². The predicted octanol–water partition coefficient (Wildman–Crippen LogP) is 3.15. The zero-order valence-electron chi connectivity index (χ0n) is 15.7. The molecule has 2 aliphatic heterocycles. The SMILES string of the molecule is COc1ccc(C2(O)CC3CCC(C2)N3C(=O)OC(C)(C)C)c(C)n1. The van der Waals surface area contributed by atoms with Gasteiger partial charge in [-0.05, 0) is 46.6 Å². The Bertz CT molecular complexity index is 654. The second-order valence-electron chi connectivity index (χ2n) is 8.20. The second kappa shape index (κ2) is 6.16. The van der Waals surface area contributed by atoms with E-state index >= 15 is 0 Å². The van der Waals surface area contributed by atoms with Crippen LogP contribution in [0.1, 0.15) is 57.7 Å². The maximum Gasteiger partial charge on any atom is 0.410 e. The molecule has 2 saturated heterocycles. The molecule has 25 heavy (non-hydrogen) atoms. The molecule has 3 heterocycles. The number of fused-ring (bicyclic) bond motifs is 2. The molecule has 2 aliphatic rings. The number of hydrogen-bond acceptors (Lipinski definition) is 5. The number of ether oxygens (including phenoxy) is 2. The molecule has 2 fully saturated rings. The van der Waals surface area contributed by atoms with Crippen LogP contribution in [-0.2, 0) is 10.3 Å². The highest BCUT2D eigenvalue weighted by atomic mass is 16.6. The van der Waals surface area contributed by atoms with Crippen molar-refractivity contribution in [3.8, 4) is 5.88 Å². The van der Waals surface area contributed by atoms with Gasteiger partial charge in [-0.15, -0.1) is 0 Å². The number of aliphatic hydroxyl groups is 1. The monoisotopic (exact) mass is 348 g/mol. The van der Waals surface area contributed by atoms with Crippen LogP contribution in [0.3, 0.4) is 0 Å². The molecule has 0 radical (unpaired) electrons. The number of aromatic nitrogens is 1. The van der Waals surface area contributed by atoms with Gasteiger partial charge < -0.3 is 19.5 Å². The number of aryl methyl sites for hydroxylation is 1. The van der Waals surface area contributed by atoms with Crippen molar-refractivity contribution >= 4 is 6.09 Å². The average Bonchev–Trinajstić information content (AvgIpc) is 2.78. The van der Waals surface area contributed by atoms with E-state index in [1.165, 1.54) is 0 Å². The van der Waals surface area contributed by atoms with Crippen LogP contribution in [0.4, 0.5) is 4.79 Å². The number of carbonyl (C=O) groups is 1. The third-order valence-electron chi connectivity index (χ3n) is 5.14. The van der Waals surface area contributed by atoms with Crippen LogP contribution >= 0.6 is 0 Å². The Hall–Kier alpha value is -1.82. The van der Waals surface area contributed by atoms with Gasteiger partial charge in [0, 0.05) is 42.2 Å². The molecule has 1 N–H and O–H groups in total. The summed E-state index contributed by atoms with van der Waals surface area (Å²) in [5, 5.41) is 11.3. The van der Waals surface area contributed by atoms with E-state index < -0.39 is 11.2 Å². The molecule has 0 aromatic carbocycles. The number of rotatable bonds is 2. The van der Waals surface area contributed by atoms with Gasteiger partial charge in [0.05, 0.1) is 12.7 Å². The molecule has 2 atom stereocenters. The van der Waals surface area contributed by atoms with Crippen LogP contribution in [0.2, 0.25) is 0 Å². The predicted molar refractivity (Wildman–Crippen MR) is 93.5 cm³/mol. The summed E-state index contributed by atoms with van der Waals surface area (Å²) >= 11 is 0. The largest absolute Gasteiger partial charge is 0.481 e. The fourth-order valence-electron chi connectivity index (χ4n) is 4.20. The number of carbonyl (C=O) groups excluding carboxylic acids is 1. The first-order valence-electron chi connectivity index (χ1n) is 8.89. The Morgan fingerprint density at radius 2 is 1.88 bits per heavy atom. The van der Waals surface area contributed by atoms with Gasteiger partial charge in [0.15, 0.2) is 0 Å². The molecule has 3 rings (SSSR count). The lowest BCUT2D eigenvalue weighted by atomic mass is 9.80. The average molecular weight is 348 g/mol. The lowest BCUT2D eigenvalue weighted by Crippen LogP contribution is -2.53. The zero-order chi connectivity index (χ0) is 18.4. The molecular formula is C19H28N2O4. The van der Waals surface area contributed by atoms with Crippen molar-refractivity contribution in [1.82, 2.24) is 9.88 Å². The standard InChI is InChI=1S/C19H28N2O4/c1-12-15(8-9-16(20-12)24-5)19(23)10-13-6-7-14(11-19)21(13)17(22)25-18(2,3)4/h8-9,13-14,23H,6-7,10-11H2,1-5H3. The molecule has 1 aromatic heterocycles. The van der Waals surface area contributed by atoms with E-state index in [9.17, 15) is 9.90 Å².